The minimum absolute atomic E-state index is 0.314. The van der Waals surface area contributed by atoms with Crippen molar-refractivity contribution in [2.45, 2.75) is 11.1 Å². The molecule has 0 saturated carbocycles. The summed E-state index contributed by atoms with van der Waals surface area (Å²) in [6, 6.07) is 12.7. The lowest BCUT2D eigenvalue weighted by molar-refractivity contribution is 0.603. The highest BCUT2D eigenvalue weighted by molar-refractivity contribution is 7.94. The topological polar surface area (TPSA) is 62.0 Å². The zero-order valence-corrected chi connectivity index (χ0v) is 15.0. The third-order valence-electron chi connectivity index (χ3n) is 3.90. The lowest BCUT2D eigenvalue weighted by Crippen LogP contribution is -2.12. The highest BCUT2D eigenvalue weighted by Crippen LogP contribution is 2.36. The molecule has 4 aromatic rings. The number of fused-ring (bicyclic) bond motifs is 2. The molecule has 0 fully saturated rings. The summed E-state index contributed by atoms with van der Waals surface area (Å²) in [4.78, 5) is 3.09. The first kappa shape index (κ1) is 15.5. The summed E-state index contributed by atoms with van der Waals surface area (Å²) >= 11 is 7.27. The van der Waals surface area contributed by atoms with Crippen molar-refractivity contribution in [2.24, 2.45) is 0 Å². The minimum Gasteiger partial charge on any atom is -0.361 e. The molecule has 0 spiro atoms. The molecule has 0 aliphatic carbocycles. The molecule has 4 rings (SSSR count). The van der Waals surface area contributed by atoms with Crippen LogP contribution in [-0.2, 0) is 10.0 Å². The molecule has 2 heterocycles. The molecule has 0 aliphatic rings. The molecule has 24 heavy (non-hydrogen) atoms. The van der Waals surface area contributed by atoms with Crippen LogP contribution in [0, 0.1) is 6.92 Å². The van der Waals surface area contributed by atoms with Gasteiger partial charge in [0.15, 0.2) is 0 Å². The third kappa shape index (κ3) is 2.56. The van der Waals surface area contributed by atoms with Crippen LogP contribution < -0.4 is 4.72 Å². The Morgan fingerprint density at radius 1 is 1.12 bits per heavy atom. The number of aryl methyl sites for hydroxylation is 1. The van der Waals surface area contributed by atoms with Crippen molar-refractivity contribution >= 4 is 59.6 Å². The van der Waals surface area contributed by atoms with Gasteiger partial charge in [-0.25, -0.2) is 8.42 Å². The molecule has 122 valence electrons. The lowest BCUT2D eigenvalue weighted by Gasteiger charge is -2.07. The number of halogens is 1. The number of hydrogen-bond acceptors (Lipinski definition) is 3. The van der Waals surface area contributed by atoms with Crippen molar-refractivity contribution in [1.82, 2.24) is 4.98 Å². The first-order chi connectivity index (χ1) is 11.4. The van der Waals surface area contributed by atoms with Crippen LogP contribution in [0.4, 0.5) is 5.69 Å². The van der Waals surface area contributed by atoms with Gasteiger partial charge >= 0.3 is 0 Å². The van der Waals surface area contributed by atoms with Crippen LogP contribution in [0.15, 0.2) is 52.9 Å². The number of thiophene rings is 1. The summed E-state index contributed by atoms with van der Waals surface area (Å²) in [6.45, 7) is 1.80. The van der Waals surface area contributed by atoms with Crippen molar-refractivity contribution in [3.63, 3.8) is 0 Å². The van der Waals surface area contributed by atoms with E-state index in [1.807, 2.05) is 30.5 Å². The number of nitrogens with one attached hydrogen (secondary N) is 2. The fourth-order valence-electron chi connectivity index (χ4n) is 2.75. The van der Waals surface area contributed by atoms with E-state index in [2.05, 4.69) is 9.71 Å². The maximum atomic E-state index is 12.8. The molecule has 0 radical (unpaired) electrons. The van der Waals surface area contributed by atoms with Crippen LogP contribution in [0.25, 0.3) is 21.0 Å². The van der Waals surface area contributed by atoms with E-state index in [-0.39, 0.29) is 0 Å². The standard InChI is InChI=1S/C17H13ClN2O2S2/c1-10-14-9-12(18)2-5-16(14)23-17(10)24(21,22)20-13-3-4-15-11(8-13)6-7-19-15/h2-9,19-20H,1H3. The fraction of sp³-hybridized carbons (Fsp3) is 0.0588. The summed E-state index contributed by atoms with van der Waals surface area (Å²) in [6.07, 6.45) is 1.82. The summed E-state index contributed by atoms with van der Waals surface area (Å²) < 4.78 is 29.5. The number of hydrogen-bond donors (Lipinski definition) is 2. The average molecular weight is 377 g/mol. The van der Waals surface area contributed by atoms with E-state index >= 15 is 0 Å². The van der Waals surface area contributed by atoms with Crippen molar-refractivity contribution < 1.29 is 8.42 Å². The van der Waals surface area contributed by atoms with Crippen LogP contribution in [-0.4, -0.2) is 13.4 Å². The average Bonchev–Trinajstić information content (AvgIpc) is 3.12. The van der Waals surface area contributed by atoms with Crippen molar-refractivity contribution in [3.05, 3.63) is 59.2 Å². The fourth-order valence-corrected chi connectivity index (χ4v) is 5.71. The van der Waals surface area contributed by atoms with E-state index in [1.165, 1.54) is 11.3 Å². The first-order valence-electron chi connectivity index (χ1n) is 7.23. The van der Waals surface area contributed by atoms with E-state index in [9.17, 15) is 8.42 Å². The van der Waals surface area contributed by atoms with Gasteiger partial charge in [-0.3, -0.25) is 4.72 Å². The molecule has 2 aromatic carbocycles. The smallest absolute Gasteiger partial charge is 0.271 e. The van der Waals surface area contributed by atoms with Crippen LogP contribution >= 0.6 is 22.9 Å². The number of H-pyrrole nitrogens is 1. The molecule has 0 bridgehead atoms. The summed E-state index contributed by atoms with van der Waals surface area (Å²) in [5.74, 6) is 0. The second kappa shape index (κ2) is 5.51. The van der Waals surface area contributed by atoms with Gasteiger partial charge in [-0.2, -0.15) is 0 Å². The Balaban J connectivity index is 1.78. The Morgan fingerprint density at radius 2 is 1.96 bits per heavy atom. The molecule has 2 N–H and O–H groups in total. The molecule has 0 unspecified atom stereocenters. The van der Waals surface area contributed by atoms with Gasteiger partial charge < -0.3 is 4.98 Å². The Labute approximate surface area is 148 Å². The van der Waals surface area contributed by atoms with Gasteiger partial charge in [-0.1, -0.05) is 11.6 Å². The SMILES string of the molecule is Cc1c(S(=O)(=O)Nc2ccc3[nH]ccc3c2)sc2ccc(Cl)cc12. The summed E-state index contributed by atoms with van der Waals surface area (Å²) in [5, 5.41) is 2.42. The van der Waals surface area contributed by atoms with Crippen LogP contribution in [0.2, 0.25) is 5.02 Å². The van der Waals surface area contributed by atoms with Crippen molar-refractivity contribution in [1.29, 1.82) is 0 Å². The van der Waals surface area contributed by atoms with E-state index < -0.39 is 10.0 Å². The number of rotatable bonds is 3. The quantitative estimate of drug-likeness (QED) is 0.519. The predicted octanol–water partition coefficient (Wildman–Crippen LogP) is 5.15. The largest absolute Gasteiger partial charge is 0.361 e. The molecule has 0 saturated heterocycles. The Bertz CT molecular complexity index is 1180. The Morgan fingerprint density at radius 3 is 2.79 bits per heavy atom. The molecule has 7 heteroatoms. The zero-order chi connectivity index (χ0) is 16.9. The highest BCUT2D eigenvalue weighted by atomic mass is 35.5. The van der Waals surface area contributed by atoms with E-state index in [1.54, 1.807) is 25.1 Å². The van der Waals surface area contributed by atoms with Gasteiger partial charge in [0.1, 0.15) is 4.21 Å². The molecule has 4 nitrogen and oxygen atoms in total. The molecular formula is C17H13ClN2O2S2. The van der Waals surface area contributed by atoms with E-state index in [4.69, 9.17) is 11.6 Å². The first-order valence-corrected chi connectivity index (χ1v) is 9.90. The summed E-state index contributed by atoms with van der Waals surface area (Å²) in [5.41, 5.74) is 2.22. The molecule has 0 aliphatic heterocycles. The number of anilines is 1. The molecular weight excluding hydrogens is 364 g/mol. The number of aromatic nitrogens is 1. The predicted molar refractivity (Wildman–Crippen MR) is 101 cm³/mol. The second-order valence-corrected chi connectivity index (χ2v) is 8.91. The molecule has 2 aromatic heterocycles. The minimum atomic E-state index is -3.66. The van der Waals surface area contributed by atoms with Gasteiger partial charge in [0.05, 0.1) is 0 Å². The van der Waals surface area contributed by atoms with Gasteiger partial charge in [0.2, 0.25) is 0 Å². The zero-order valence-electron chi connectivity index (χ0n) is 12.6. The van der Waals surface area contributed by atoms with Gasteiger partial charge in [0, 0.05) is 32.5 Å². The maximum absolute atomic E-state index is 12.8. The van der Waals surface area contributed by atoms with Crippen molar-refractivity contribution in [3.8, 4) is 0 Å². The van der Waals surface area contributed by atoms with Gasteiger partial charge in [-0.05, 0) is 60.3 Å². The second-order valence-electron chi connectivity index (χ2n) is 5.54. The van der Waals surface area contributed by atoms with E-state index in [0.717, 1.165) is 21.0 Å². The Kier molecular flexibility index (Phi) is 3.56. The van der Waals surface area contributed by atoms with Crippen LogP contribution in [0.5, 0.6) is 0 Å². The van der Waals surface area contributed by atoms with Gasteiger partial charge in [0.25, 0.3) is 10.0 Å². The molecule has 0 atom stereocenters. The van der Waals surface area contributed by atoms with Crippen molar-refractivity contribution in [2.75, 3.05) is 4.72 Å². The number of aromatic amines is 1. The third-order valence-corrected chi connectivity index (χ3v) is 7.41. The summed E-state index contributed by atoms with van der Waals surface area (Å²) in [7, 11) is -3.66. The maximum Gasteiger partial charge on any atom is 0.271 e. The normalized spacial score (nSPS) is 12.1. The molecule has 0 amide bonds. The monoisotopic (exact) mass is 376 g/mol. The van der Waals surface area contributed by atoms with Gasteiger partial charge in [-0.15, -0.1) is 11.3 Å². The van der Waals surface area contributed by atoms with Crippen LogP contribution in [0.1, 0.15) is 5.56 Å². The number of benzene rings is 2. The number of sulfonamides is 1. The van der Waals surface area contributed by atoms with Crippen LogP contribution in [0.3, 0.4) is 0 Å². The van der Waals surface area contributed by atoms with E-state index in [0.29, 0.717) is 20.5 Å². The Hall–Kier alpha value is -2.02. The lowest BCUT2D eigenvalue weighted by atomic mass is 10.2. The highest BCUT2D eigenvalue weighted by Gasteiger charge is 2.22.